The van der Waals surface area contributed by atoms with Crippen LogP contribution in [0.2, 0.25) is 0 Å². The van der Waals surface area contributed by atoms with E-state index in [2.05, 4.69) is 10.2 Å². The van der Waals surface area contributed by atoms with Gasteiger partial charge in [-0.25, -0.2) is 9.18 Å². The molecule has 1 aromatic rings. The van der Waals surface area contributed by atoms with Crippen LogP contribution in [0.3, 0.4) is 0 Å². The van der Waals surface area contributed by atoms with Crippen LogP contribution in [0.4, 0.5) is 9.18 Å². The normalized spacial score (nSPS) is 24.5. The summed E-state index contributed by atoms with van der Waals surface area (Å²) in [4.78, 5) is 16.9. The van der Waals surface area contributed by atoms with Gasteiger partial charge in [-0.2, -0.15) is 0 Å². The highest BCUT2D eigenvalue weighted by atomic mass is 19.1. The van der Waals surface area contributed by atoms with E-state index in [0.717, 1.165) is 57.2 Å². The van der Waals surface area contributed by atoms with Crippen LogP contribution < -0.4 is 5.32 Å². The zero-order valence-corrected chi connectivity index (χ0v) is 17.2. The van der Waals surface area contributed by atoms with Crippen molar-refractivity contribution >= 4 is 6.03 Å². The summed E-state index contributed by atoms with van der Waals surface area (Å²) in [5, 5.41) is 13.2. The Morgan fingerprint density at radius 1 is 1.18 bits per heavy atom. The molecular formula is C22H34FN3O2. The second kappa shape index (κ2) is 8.78. The van der Waals surface area contributed by atoms with E-state index in [1.165, 1.54) is 12.1 Å². The average molecular weight is 392 g/mol. The van der Waals surface area contributed by atoms with Crippen molar-refractivity contribution < 1.29 is 14.3 Å². The lowest BCUT2D eigenvalue weighted by Gasteiger charge is -2.43. The van der Waals surface area contributed by atoms with E-state index in [1.807, 2.05) is 31.1 Å². The smallest absolute Gasteiger partial charge is 0.317 e. The van der Waals surface area contributed by atoms with Gasteiger partial charge in [0.05, 0.1) is 6.61 Å². The molecule has 0 unspecified atom stereocenters. The Morgan fingerprint density at radius 3 is 2.46 bits per heavy atom. The van der Waals surface area contributed by atoms with E-state index in [-0.39, 0.29) is 29.3 Å². The van der Waals surface area contributed by atoms with Gasteiger partial charge in [-0.3, -0.25) is 0 Å². The first-order valence-corrected chi connectivity index (χ1v) is 10.4. The number of rotatable bonds is 6. The molecule has 0 aromatic heterocycles. The topological polar surface area (TPSA) is 55.8 Å². The lowest BCUT2D eigenvalue weighted by atomic mass is 9.78. The molecule has 1 aliphatic heterocycles. The van der Waals surface area contributed by atoms with Gasteiger partial charge in [0.1, 0.15) is 5.82 Å². The van der Waals surface area contributed by atoms with Crippen molar-refractivity contribution in [2.45, 2.75) is 43.9 Å². The third-order valence-electron chi connectivity index (χ3n) is 6.53. The fraction of sp³-hybridized carbons (Fsp3) is 0.682. The average Bonchev–Trinajstić information content (AvgIpc) is 3.16. The van der Waals surface area contributed by atoms with Crippen LogP contribution in [0.15, 0.2) is 24.3 Å². The Morgan fingerprint density at radius 2 is 1.86 bits per heavy atom. The Bertz CT molecular complexity index is 658. The fourth-order valence-corrected chi connectivity index (χ4v) is 5.14. The predicted molar refractivity (Wildman–Crippen MR) is 109 cm³/mol. The highest BCUT2D eigenvalue weighted by molar-refractivity contribution is 5.74. The molecule has 0 radical (unpaired) electrons. The molecule has 1 aliphatic carbocycles. The molecule has 2 N–H and O–H groups in total. The van der Waals surface area contributed by atoms with Crippen LogP contribution >= 0.6 is 0 Å². The Balaban J connectivity index is 1.65. The standard InChI is InChI=1S/C22H34FN3O2/c1-25(2)15-21(17-27)10-5-13-26(16-21)20(28)24-14-22(11-3-4-12-22)18-6-8-19(23)9-7-18/h6-9,27H,3-5,10-17H2,1-2H3,(H,24,28)/t21-/m1/s1. The van der Waals surface area contributed by atoms with E-state index in [1.54, 1.807) is 0 Å². The fourth-order valence-electron chi connectivity index (χ4n) is 5.14. The van der Waals surface area contributed by atoms with Crippen molar-refractivity contribution in [1.29, 1.82) is 0 Å². The molecule has 1 saturated carbocycles. The number of halogens is 1. The third-order valence-corrected chi connectivity index (χ3v) is 6.53. The summed E-state index contributed by atoms with van der Waals surface area (Å²) >= 11 is 0. The number of hydrogen-bond donors (Lipinski definition) is 2. The highest BCUT2D eigenvalue weighted by Gasteiger charge is 2.39. The molecule has 156 valence electrons. The third kappa shape index (κ3) is 4.66. The number of urea groups is 1. The Labute approximate surface area is 167 Å². The van der Waals surface area contributed by atoms with Gasteiger partial charge in [0.15, 0.2) is 0 Å². The molecule has 1 saturated heterocycles. The quantitative estimate of drug-likeness (QED) is 0.784. The van der Waals surface area contributed by atoms with Gasteiger partial charge in [-0.05, 0) is 57.5 Å². The number of amides is 2. The first kappa shape index (κ1) is 21.1. The van der Waals surface area contributed by atoms with Crippen LogP contribution in [-0.4, -0.2) is 67.8 Å². The number of nitrogens with one attached hydrogen (secondary N) is 1. The highest BCUT2D eigenvalue weighted by Crippen LogP contribution is 2.40. The minimum atomic E-state index is -0.249. The number of aliphatic hydroxyl groups is 1. The monoisotopic (exact) mass is 391 g/mol. The van der Waals surface area contributed by atoms with Gasteiger partial charge in [-0.15, -0.1) is 0 Å². The van der Waals surface area contributed by atoms with Crippen molar-refractivity contribution in [2.75, 3.05) is 46.9 Å². The van der Waals surface area contributed by atoms with Crippen LogP contribution in [0.5, 0.6) is 0 Å². The number of piperidine rings is 1. The second-order valence-electron chi connectivity index (χ2n) is 9.07. The maximum Gasteiger partial charge on any atom is 0.317 e. The van der Waals surface area contributed by atoms with Gasteiger partial charge in [-0.1, -0.05) is 25.0 Å². The number of hydrogen-bond acceptors (Lipinski definition) is 3. The first-order valence-electron chi connectivity index (χ1n) is 10.4. The van der Waals surface area contributed by atoms with Crippen molar-refractivity contribution in [2.24, 2.45) is 5.41 Å². The summed E-state index contributed by atoms with van der Waals surface area (Å²) in [7, 11) is 4.01. The van der Waals surface area contributed by atoms with Gasteiger partial charge in [0, 0.05) is 37.0 Å². The molecule has 3 rings (SSSR count). The summed E-state index contributed by atoms with van der Waals surface area (Å²) < 4.78 is 13.4. The van der Waals surface area contributed by atoms with E-state index < -0.39 is 0 Å². The van der Waals surface area contributed by atoms with E-state index in [0.29, 0.717) is 13.1 Å². The lowest BCUT2D eigenvalue weighted by molar-refractivity contribution is 0.0269. The summed E-state index contributed by atoms with van der Waals surface area (Å²) in [6, 6.07) is 6.70. The summed E-state index contributed by atoms with van der Waals surface area (Å²) in [5.74, 6) is -0.226. The second-order valence-corrected chi connectivity index (χ2v) is 9.07. The number of likely N-dealkylation sites (tertiary alicyclic amines) is 1. The van der Waals surface area contributed by atoms with Crippen molar-refractivity contribution in [3.05, 3.63) is 35.6 Å². The van der Waals surface area contributed by atoms with Crippen molar-refractivity contribution in [3.8, 4) is 0 Å². The summed E-state index contributed by atoms with van der Waals surface area (Å²) in [5.41, 5.74) is 0.764. The molecule has 1 aromatic carbocycles. The lowest BCUT2D eigenvalue weighted by Crippen LogP contribution is -2.55. The Hall–Kier alpha value is -1.66. The zero-order chi connectivity index (χ0) is 20.2. The number of nitrogens with zero attached hydrogens (tertiary/aromatic N) is 2. The summed E-state index contributed by atoms with van der Waals surface area (Å²) in [6.07, 6.45) is 6.14. The van der Waals surface area contributed by atoms with Gasteiger partial charge >= 0.3 is 6.03 Å². The number of aliphatic hydroxyl groups excluding tert-OH is 1. The van der Waals surface area contributed by atoms with Gasteiger partial charge < -0.3 is 20.2 Å². The molecule has 0 spiro atoms. The van der Waals surface area contributed by atoms with Crippen molar-refractivity contribution in [3.63, 3.8) is 0 Å². The molecule has 1 heterocycles. The zero-order valence-electron chi connectivity index (χ0n) is 17.2. The first-order chi connectivity index (χ1) is 13.4. The van der Waals surface area contributed by atoms with Gasteiger partial charge in [0.25, 0.3) is 0 Å². The van der Waals surface area contributed by atoms with Crippen LogP contribution in [0, 0.1) is 11.2 Å². The Kier molecular flexibility index (Phi) is 6.61. The minimum Gasteiger partial charge on any atom is -0.396 e. The molecule has 2 aliphatic rings. The number of carbonyl (C=O) groups excluding carboxylic acids is 1. The molecular weight excluding hydrogens is 357 g/mol. The molecule has 5 nitrogen and oxygen atoms in total. The predicted octanol–water partition coefficient (Wildman–Crippen LogP) is 2.98. The number of carbonyl (C=O) groups is 1. The van der Waals surface area contributed by atoms with Crippen LogP contribution in [-0.2, 0) is 5.41 Å². The molecule has 1 atom stereocenters. The molecule has 0 bridgehead atoms. The van der Waals surface area contributed by atoms with E-state index >= 15 is 0 Å². The molecule has 28 heavy (non-hydrogen) atoms. The van der Waals surface area contributed by atoms with Crippen LogP contribution in [0.1, 0.15) is 44.1 Å². The summed E-state index contributed by atoms with van der Waals surface area (Å²) in [6.45, 7) is 2.75. The maximum atomic E-state index is 13.4. The molecule has 2 fully saturated rings. The number of benzene rings is 1. The van der Waals surface area contributed by atoms with Crippen LogP contribution in [0.25, 0.3) is 0 Å². The largest absolute Gasteiger partial charge is 0.396 e. The van der Waals surface area contributed by atoms with Crippen molar-refractivity contribution in [1.82, 2.24) is 15.1 Å². The van der Waals surface area contributed by atoms with E-state index in [4.69, 9.17) is 0 Å². The minimum absolute atomic E-state index is 0.0512. The maximum absolute atomic E-state index is 13.4. The SMILES string of the molecule is CN(C)C[C@]1(CO)CCCN(C(=O)NCC2(c3ccc(F)cc3)CCCC2)C1. The molecule has 2 amide bonds. The molecule has 6 heteroatoms. The van der Waals surface area contributed by atoms with Gasteiger partial charge in [0.2, 0.25) is 0 Å². The van der Waals surface area contributed by atoms with E-state index in [9.17, 15) is 14.3 Å².